The van der Waals surface area contributed by atoms with Crippen LogP contribution in [0.3, 0.4) is 0 Å². The monoisotopic (exact) mass is 322 g/mol. The molecule has 1 saturated heterocycles. The summed E-state index contributed by atoms with van der Waals surface area (Å²) in [7, 11) is 1.85. The number of benzene rings is 1. The first-order valence-corrected chi connectivity index (χ1v) is 8.73. The molecule has 1 heterocycles. The van der Waals surface area contributed by atoms with Crippen molar-refractivity contribution in [2.24, 2.45) is 5.41 Å². The van der Waals surface area contributed by atoms with E-state index in [-0.39, 0.29) is 11.4 Å². The summed E-state index contributed by atoms with van der Waals surface area (Å²) in [5.41, 5.74) is 1.41. The summed E-state index contributed by atoms with van der Waals surface area (Å²) < 4.78 is 5.19. The Balaban J connectivity index is 1.59. The Morgan fingerprint density at radius 3 is 2.64 bits per heavy atom. The molecule has 0 spiro atoms. The van der Waals surface area contributed by atoms with Gasteiger partial charge in [-0.25, -0.2) is 4.79 Å². The Kier molecular flexibility index (Phi) is 6.15. The highest BCUT2D eigenvalue weighted by Gasteiger charge is 2.33. The van der Waals surface area contributed by atoms with Crippen LogP contribution in [0.5, 0.6) is 0 Å². The molecule has 5 heteroatoms. The van der Waals surface area contributed by atoms with E-state index in [2.05, 4.69) is 43.4 Å². The van der Waals surface area contributed by atoms with Crippen molar-refractivity contribution in [2.75, 3.05) is 39.1 Å². The second kappa shape index (κ2) is 7.88. The van der Waals surface area contributed by atoms with E-state index in [1.165, 1.54) is 10.5 Å². The minimum Gasteiger partial charge on any atom is -0.380 e. The van der Waals surface area contributed by atoms with Crippen LogP contribution in [0, 0.1) is 12.3 Å². The quantitative estimate of drug-likeness (QED) is 0.619. The number of aryl methyl sites for hydroxylation is 1. The van der Waals surface area contributed by atoms with Crippen molar-refractivity contribution in [3.63, 3.8) is 0 Å². The molecule has 2 rings (SSSR count). The third-order valence-electron chi connectivity index (χ3n) is 3.84. The minimum atomic E-state index is 0.00783. The van der Waals surface area contributed by atoms with Crippen LogP contribution in [-0.2, 0) is 4.74 Å². The van der Waals surface area contributed by atoms with E-state index in [0.717, 1.165) is 31.9 Å². The van der Waals surface area contributed by atoms with Crippen molar-refractivity contribution in [1.29, 1.82) is 0 Å². The first-order chi connectivity index (χ1) is 10.5. The summed E-state index contributed by atoms with van der Waals surface area (Å²) in [4.78, 5) is 15.0. The Morgan fingerprint density at radius 2 is 2.05 bits per heavy atom. The molecule has 0 atom stereocenters. The van der Waals surface area contributed by atoms with Gasteiger partial charge in [0.25, 0.3) is 0 Å². The first-order valence-electron chi connectivity index (χ1n) is 7.75. The predicted molar refractivity (Wildman–Crippen MR) is 91.5 cm³/mol. The number of rotatable bonds is 7. The van der Waals surface area contributed by atoms with Gasteiger partial charge in [-0.3, -0.25) is 0 Å². The number of ether oxygens (including phenoxy) is 1. The summed E-state index contributed by atoms with van der Waals surface area (Å²) in [6.07, 6.45) is 0.989. The zero-order chi connectivity index (χ0) is 16.0. The molecular formula is C17H26N2O2S. The molecule has 1 N–H and O–H groups in total. The summed E-state index contributed by atoms with van der Waals surface area (Å²) in [6.45, 7) is 7.17. The molecule has 0 aliphatic carbocycles. The fourth-order valence-corrected chi connectivity index (χ4v) is 3.04. The van der Waals surface area contributed by atoms with E-state index in [1.54, 1.807) is 4.90 Å². The lowest BCUT2D eigenvalue weighted by Crippen LogP contribution is -2.50. The molecule has 1 aliphatic rings. The number of carbonyl (C=O) groups excluding carboxylic acids is 1. The number of hydrogen-bond acceptors (Lipinski definition) is 3. The van der Waals surface area contributed by atoms with Crippen LogP contribution in [0.4, 0.5) is 4.79 Å². The van der Waals surface area contributed by atoms with Gasteiger partial charge in [-0.2, -0.15) is 0 Å². The van der Waals surface area contributed by atoms with Gasteiger partial charge < -0.3 is 15.0 Å². The van der Waals surface area contributed by atoms with Crippen molar-refractivity contribution in [1.82, 2.24) is 10.2 Å². The average Bonchev–Trinajstić information content (AvgIpc) is 2.48. The number of nitrogens with one attached hydrogen (secondary N) is 1. The molecule has 0 saturated carbocycles. The maximum Gasteiger partial charge on any atom is 0.317 e. The third kappa shape index (κ3) is 5.21. The van der Waals surface area contributed by atoms with Gasteiger partial charge in [0.1, 0.15) is 0 Å². The molecule has 1 aromatic carbocycles. The Morgan fingerprint density at radius 1 is 1.36 bits per heavy atom. The molecule has 1 fully saturated rings. The molecule has 22 heavy (non-hydrogen) atoms. The standard InChI is InChI=1S/C17H26N2O2S/c1-14-5-7-15(8-6-14)22-10-4-9-19(3)16(20)18-11-17(2)12-21-13-17/h5-8H,4,9-13H2,1-3H3,(H,18,20). The van der Waals surface area contributed by atoms with E-state index in [0.29, 0.717) is 6.54 Å². The fourth-order valence-electron chi connectivity index (χ4n) is 2.20. The first kappa shape index (κ1) is 17.2. The lowest BCUT2D eigenvalue weighted by atomic mass is 9.89. The van der Waals surface area contributed by atoms with E-state index >= 15 is 0 Å². The van der Waals surface area contributed by atoms with Crippen molar-refractivity contribution >= 4 is 17.8 Å². The normalized spacial score (nSPS) is 16.0. The van der Waals surface area contributed by atoms with E-state index in [9.17, 15) is 4.79 Å². The topological polar surface area (TPSA) is 41.6 Å². The molecule has 0 bridgehead atoms. The second-order valence-corrected chi connectivity index (χ2v) is 7.57. The SMILES string of the molecule is Cc1ccc(SCCCN(C)C(=O)NCC2(C)COC2)cc1. The highest BCUT2D eigenvalue weighted by Crippen LogP contribution is 2.25. The molecule has 1 aliphatic heterocycles. The van der Waals surface area contributed by atoms with Crippen LogP contribution in [-0.4, -0.2) is 50.0 Å². The molecule has 0 radical (unpaired) electrons. The number of thioether (sulfide) groups is 1. The maximum absolute atomic E-state index is 12.0. The van der Waals surface area contributed by atoms with E-state index in [4.69, 9.17) is 4.74 Å². The zero-order valence-corrected chi connectivity index (χ0v) is 14.5. The van der Waals surface area contributed by atoms with Crippen LogP contribution >= 0.6 is 11.8 Å². The second-order valence-electron chi connectivity index (χ2n) is 6.40. The maximum atomic E-state index is 12.0. The summed E-state index contributed by atoms with van der Waals surface area (Å²) in [5, 5.41) is 2.99. The number of nitrogens with zero attached hydrogens (tertiary/aromatic N) is 1. The Labute approximate surface area is 137 Å². The number of urea groups is 1. The number of amides is 2. The van der Waals surface area contributed by atoms with Gasteiger partial charge in [0, 0.05) is 30.4 Å². The highest BCUT2D eigenvalue weighted by atomic mass is 32.2. The highest BCUT2D eigenvalue weighted by molar-refractivity contribution is 7.99. The van der Waals surface area contributed by atoms with E-state index in [1.807, 2.05) is 18.8 Å². The number of carbonyl (C=O) groups is 1. The van der Waals surface area contributed by atoms with Gasteiger partial charge in [0.05, 0.1) is 13.2 Å². The van der Waals surface area contributed by atoms with Crippen molar-refractivity contribution in [2.45, 2.75) is 25.2 Å². The molecule has 0 unspecified atom stereocenters. The lowest BCUT2D eigenvalue weighted by Gasteiger charge is -2.38. The van der Waals surface area contributed by atoms with Crippen LogP contribution < -0.4 is 5.32 Å². The summed E-state index contributed by atoms with van der Waals surface area (Å²) in [6, 6.07) is 8.57. The average molecular weight is 322 g/mol. The van der Waals surface area contributed by atoms with Gasteiger partial charge in [-0.05, 0) is 31.2 Å². The molecule has 4 nitrogen and oxygen atoms in total. The lowest BCUT2D eigenvalue weighted by molar-refractivity contribution is -0.0978. The van der Waals surface area contributed by atoms with Gasteiger partial charge in [0.15, 0.2) is 0 Å². The molecule has 122 valence electrons. The molecule has 2 amide bonds. The molecular weight excluding hydrogens is 296 g/mol. The minimum absolute atomic E-state index is 0.00783. The predicted octanol–water partition coefficient (Wildman–Crippen LogP) is 3.16. The number of hydrogen-bond donors (Lipinski definition) is 1. The third-order valence-corrected chi connectivity index (χ3v) is 4.94. The molecule has 1 aromatic rings. The Hall–Kier alpha value is -1.20. The van der Waals surface area contributed by atoms with Crippen LogP contribution in [0.25, 0.3) is 0 Å². The van der Waals surface area contributed by atoms with Crippen molar-refractivity contribution in [3.05, 3.63) is 29.8 Å². The van der Waals surface area contributed by atoms with Crippen molar-refractivity contribution in [3.8, 4) is 0 Å². The molecule has 0 aromatic heterocycles. The van der Waals surface area contributed by atoms with Gasteiger partial charge >= 0.3 is 6.03 Å². The van der Waals surface area contributed by atoms with Crippen molar-refractivity contribution < 1.29 is 9.53 Å². The summed E-state index contributed by atoms with van der Waals surface area (Å²) in [5.74, 6) is 1.02. The Bertz CT molecular complexity index is 486. The van der Waals surface area contributed by atoms with Gasteiger partial charge in [-0.15, -0.1) is 11.8 Å². The van der Waals surface area contributed by atoms with Crippen LogP contribution in [0.15, 0.2) is 29.2 Å². The fraction of sp³-hybridized carbons (Fsp3) is 0.588. The zero-order valence-electron chi connectivity index (χ0n) is 13.7. The van der Waals surface area contributed by atoms with Crippen LogP contribution in [0.2, 0.25) is 0 Å². The van der Waals surface area contributed by atoms with E-state index < -0.39 is 0 Å². The smallest absolute Gasteiger partial charge is 0.317 e. The summed E-state index contributed by atoms with van der Waals surface area (Å²) >= 11 is 1.84. The van der Waals surface area contributed by atoms with Gasteiger partial charge in [0.2, 0.25) is 0 Å². The van der Waals surface area contributed by atoms with Crippen LogP contribution in [0.1, 0.15) is 18.9 Å². The van der Waals surface area contributed by atoms with Gasteiger partial charge in [-0.1, -0.05) is 24.6 Å². The largest absolute Gasteiger partial charge is 0.380 e.